The van der Waals surface area contributed by atoms with Crippen molar-refractivity contribution in [2.45, 2.75) is 33.7 Å². The van der Waals surface area contributed by atoms with Crippen molar-refractivity contribution in [2.24, 2.45) is 17.8 Å². The van der Waals surface area contributed by atoms with Crippen LogP contribution in [-0.2, 0) is 6.54 Å². The van der Waals surface area contributed by atoms with Crippen LogP contribution in [-0.4, -0.2) is 20.1 Å². The van der Waals surface area contributed by atoms with E-state index in [1.807, 2.05) is 6.07 Å². The van der Waals surface area contributed by atoms with Gasteiger partial charge in [-0.1, -0.05) is 20.8 Å². The molecule has 2 nitrogen and oxygen atoms in total. The summed E-state index contributed by atoms with van der Waals surface area (Å²) in [7, 11) is 2.12. The minimum atomic E-state index is -0.150. The molecule has 112 valence electrons. The maximum Gasteiger partial charge on any atom is 0.123 e. The van der Waals surface area contributed by atoms with Crippen molar-refractivity contribution < 1.29 is 4.39 Å². The molecular formula is C17H27FN2. The van der Waals surface area contributed by atoms with Crippen molar-refractivity contribution >= 4 is 5.69 Å². The zero-order valence-corrected chi connectivity index (χ0v) is 13.1. The first-order chi connectivity index (χ1) is 9.47. The van der Waals surface area contributed by atoms with Crippen LogP contribution in [0.5, 0.6) is 0 Å². The van der Waals surface area contributed by atoms with Gasteiger partial charge in [-0.15, -0.1) is 0 Å². The Morgan fingerprint density at radius 3 is 2.70 bits per heavy atom. The third-order valence-corrected chi connectivity index (χ3v) is 4.11. The van der Waals surface area contributed by atoms with Crippen LogP contribution in [0, 0.1) is 23.6 Å². The molecule has 2 rings (SSSR count). The van der Waals surface area contributed by atoms with Crippen LogP contribution in [0.1, 0.15) is 32.8 Å². The quantitative estimate of drug-likeness (QED) is 0.819. The first kappa shape index (κ1) is 15.3. The molecule has 0 spiro atoms. The van der Waals surface area contributed by atoms with E-state index < -0.39 is 0 Å². The average Bonchev–Trinajstić information content (AvgIpc) is 3.04. The average molecular weight is 278 g/mol. The van der Waals surface area contributed by atoms with Gasteiger partial charge in [-0.3, -0.25) is 0 Å². The summed E-state index contributed by atoms with van der Waals surface area (Å²) in [5, 5.41) is 3.41. The lowest BCUT2D eigenvalue weighted by Crippen LogP contribution is -2.25. The molecule has 3 heteroatoms. The lowest BCUT2D eigenvalue weighted by molar-refractivity contribution is 0.549. The van der Waals surface area contributed by atoms with Crippen LogP contribution in [0.4, 0.5) is 10.1 Å². The third kappa shape index (κ3) is 4.20. The van der Waals surface area contributed by atoms with Crippen LogP contribution >= 0.6 is 0 Å². The normalized spacial score (nSPS) is 21.3. The Hall–Kier alpha value is -1.09. The highest BCUT2D eigenvalue weighted by atomic mass is 19.1. The van der Waals surface area contributed by atoms with Crippen LogP contribution in [0.25, 0.3) is 0 Å². The number of nitrogens with zero attached hydrogens (tertiary/aromatic N) is 1. The molecule has 1 saturated carbocycles. The fourth-order valence-corrected chi connectivity index (χ4v) is 2.67. The molecule has 1 aliphatic rings. The van der Waals surface area contributed by atoms with E-state index in [0.717, 1.165) is 42.7 Å². The van der Waals surface area contributed by atoms with E-state index in [0.29, 0.717) is 5.92 Å². The summed E-state index contributed by atoms with van der Waals surface area (Å²) < 4.78 is 13.5. The SMILES string of the molecule is CC(C)CNCc1cc(F)ccc1N(C)CC1CC1C. The zero-order chi connectivity index (χ0) is 14.7. The number of hydrogen-bond acceptors (Lipinski definition) is 2. The van der Waals surface area contributed by atoms with E-state index in [-0.39, 0.29) is 5.82 Å². The second kappa shape index (κ2) is 6.57. The summed E-state index contributed by atoms with van der Waals surface area (Å²) >= 11 is 0. The predicted molar refractivity (Wildman–Crippen MR) is 83.5 cm³/mol. The molecule has 1 aliphatic carbocycles. The molecular weight excluding hydrogens is 251 g/mol. The summed E-state index contributed by atoms with van der Waals surface area (Å²) in [4.78, 5) is 2.28. The van der Waals surface area contributed by atoms with Crippen molar-refractivity contribution in [1.82, 2.24) is 5.32 Å². The number of nitrogens with one attached hydrogen (secondary N) is 1. The van der Waals surface area contributed by atoms with Gasteiger partial charge in [0.15, 0.2) is 0 Å². The fourth-order valence-electron chi connectivity index (χ4n) is 2.67. The van der Waals surface area contributed by atoms with Crippen LogP contribution < -0.4 is 10.2 Å². The number of anilines is 1. The number of halogens is 1. The van der Waals surface area contributed by atoms with Gasteiger partial charge >= 0.3 is 0 Å². The van der Waals surface area contributed by atoms with Gasteiger partial charge in [-0.25, -0.2) is 4.39 Å². The Balaban J connectivity index is 2.02. The van der Waals surface area contributed by atoms with E-state index in [1.165, 1.54) is 6.42 Å². The second-order valence-electron chi connectivity index (χ2n) is 6.65. The van der Waals surface area contributed by atoms with Crippen molar-refractivity contribution in [3.05, 3.63) is 29.6 Å². The molecule has 2 atom stereocenters. The Labute approximate surface area is 122 Å². The summed E-state index contributed by atoms with van der Waals surface area (Å²) in [6.07, 6.45) is 1.33. The highest BCUT2D eigenvalue weighted by Gasteiger charge is 2.33. The highest BCUT2D eigenvalue weighted by molar-refractivity contribution is 5.53. The molecule has 0 bridgehead atoms. The third-order valence-electron chi connectivity index (χ3n) is 4.11. The summed E-state index contributed by atoms with van der Waals surface area (Å²) in [5.74, 6) is 2.11. The molecule has 1 fully saturated rings. The monoisotopic (exact) mass is 278 g/mol. The molecule has 0 aliphatic heterocycles. The van der Waals surface area contributed by atoms with Gasteiger partial charge in [0.05, 0.1) is 0 Å². The van der Waals surface area contributed by atoms with Crippen LogP contribution in [0.15, 0.2) is 18.2 Å². The van der Waals surface area contributed by atoms with Gasteiger partial charge in [0.2, 0.25) is 0 Å². The van der Waals surface area contributed by atoms with Gasteiger partial charge in [0.25, 0.3) is 0 Å². The predicted octanol–water partition coefficient (Wildman–Crippen LogP) is 3.66. The largest absolute Gasteiger partial charge is 0.374 e. The van der Waals surface area contributed by atoms with Crippen molar-refractivity contribution in [3.63, 3.8) is 0 Å². The van der Waals surface area contributed by atoms with Crippen molar-refractivity contribution in [2.75, 3.05) is 25.0 Å². The molecule has 1 N–H and O–H groups in total. The topological polar surface area (TPSA) is 15.3 Å². The Kier molecular flexibility index (Phi) is 5.03. The molecule has 0 amide bonds. The van der Waals surface area contributed by atoms with E-state index in [4.69, 9.17) is 0 Å². The summed E-state index contributed by atoms with van der Waals surface area (Å²) in [6, 6.07) is 5.14. The maximum atomic E-state index is 13.5. The van der Waals surface area contributed by atoms with Crippen LogP contribution in [0.2, 0.25) is 0 Å². The Bertz CT molecular complexity index is 445. The molecule has 20 heavy (non-hydrogen) atoms. The molecule has 0 heterocycles. The minimum Gasteiger partial charge on any atom is -0.374 e. The van der Waals surface area contributed by atoms with Gasteiger partial charge in [-0.2, -0.15) is 0 Å². The van der Waals surface area contributed by atoms with Crippen molar-refractivity contribution in [3.8, 4) is 0 Å². The Morgan fingerprint density at radius 1 is 1.40 bits per heavy atom. The van der Waals surface area contributed by atoms with E-state index in [9.17, 15) is 4.39 Å². The van der Waals surface area contributed by atoms with Gasteiger partial charge in [0, 0.05) is 25.8 Å². The second-order valence-corrected chi connectivity index (χ2v) is 6.65. The van der Waals surface area contributed by atoms with E-state index >= 15 is 0 Å². The number of benzene rings is 1. The maximum absolute atomic E-state index is 13.5. The fraction of sp³-hybridized carbons (Fsp3) is 0.647. The lowest BCUT2D eigenvalue weighted by Gasteiger charge is -2.23. The first-order valence-electron chi connectivity index (χ1n) is 7.67. The summed E-state index contributed by atoms with van der Waals surface area (Å²) in [6.45, 7) is 9.42. The zero-order valence-electron chi connectivity index (χ0n) is 13.1. The smallest absolute Gasteiger partial charge is 0.123 e. The molecule has 1 aromatic carbocycles. The molecule has 0 aromatic heterocycles. The number of hydrogen-bond donors (Lipinski definition) is 1. The first-order valence-corrected chi connectivity index (χ1v) is 7.67. The van der Waals surface area contributed by atoms with Crippen LogP contribution in [0.3, 0.4) is 0 Å². The molecule has 0 saturated heterocycles. The van der Waals surface area contributed by atoms with Gasteiger partial charge < -0.3 is 10.2 Å². The lowest BCUT2D eigenvalue weighted by atomic mass is 10.1. The van der Waals surface area contributed by atoms with Crippen molar-refractivity contribution in [1.29, 1.82) is 0 Å². The van der Waals surface area contributed by atoms with Gasteiger partial charge in [-0.05, 0) is 54.5 Å². The number of rotatable bonds is 7. The Morgan fingerprint density at radius 2 is 2.10 bits per heavy atom. The highest BCUT2D eigenvalue weighted by Crippen LogP contribution is 2.39. The summed E-state index contributed by atoms with van der Waals surface area (Å²) in [5.41, 5.74) is 2.21. The van der Waals surface area contributed by atoms with Gasteiger partial charge in [0.1, 0.15) is 5.82 Å². The minimum absolute atomic E-state index is 0.150. The standard InChI is InChI=1S/C17H27FN2/c1-12(2)9-19-10-14-8-16(18)5-6-17(14)20(4)11-15-7-13(15)3/h5-6,8,12-13,15,19H,7,9-11H2,1-4H3. The van der Waals surface area contributed by atoms with E-state index in [2.05, 4.69) is 38.0 Å². The molecule has 0 radical (unpaired) electrons. The molecule has 2 unspecified atom stereocenters. The van der Waals surface area contributed by atoms with E-state index in [1.54, 1.807) is 12.1 Å². The molecule has 1 aromatic rings.